The maximum atomic E-state index is 5.86. The Morgan fingerprint density at radius 3 is 2.13 bits per heavy atom. The van der Waals surface area contributed by atoms with Crippen molar-refractivity contribution in [2.24, 2.45) is 11.5 Å². The van der Waals surface area contributed by atoms with Gasteiger partial charge in [-0.15, -0.1) is 0 Å². The Morgan fingerprint density at radius 2 is 1.73 bits per heavy atom. The smallest absolute Gasteiger partial charge is 0.0419 e. The second kappa shape index (κ2) is 4.77. The van der Waals surface area contributed by atoms with E-state index in [4.69, 9.17) is 11.5 Å². The van der Waals surface area contributed by atoms with E-state index < -0.39 is 0 Å². The van der Waals surface area contributed by atoms with Crippen molar-refractivity contribution in [1.29, 1.82) is 0 Å². The van der Waals surface area contributed by atoms with E-state index in [1.165, 1.54) is 5.56 Å². The summed E-state index contributed by atoms with van der Waals surface area (Å²) in [6.07, 6.45) is 1.13. The minimum atomic E-state index is -0.0382. The van der Waals surface area contributed by atoms with E-state index in [1.54, 1.807) is 0 Å². The monoisotopic (exact) mass is 206 g/mol. The summed E-state index contributed by atoms with van der Waals surface area (Å²) in [6, 6.07) is 8.46. The Balaban J connectivity index is 2.90. The molecule has 1 rings (SSSR count). The molecule has 1 aromatic rings. The van der Waals surface area contributed by atoms with Gasteiger partial charge in [-0.25, -0.2) is 0 Å². The third-order valence-corrected chi connectivity index (χ3v) is 3.26. The Morgan fingerprint density at radius 1 is 1.20 bits per heavy atom. The molecule has 0 amide bonds. The lowest BCUT2D eigenvalue weighted by atomic mass is 9.82. The Kier molecular flexibility index (Phi) is 3.89. The molecule has 0 saturated heterocycles. The fraction of sp³-hybridized carbons (Fsp3) is 0.538. The van der Waals surface area contributed by atoms with E-state index in [-0.39, 0.29) is 11.5 Å². The van der Waals surface area contributed by atoms with E-state index >= 15 is 0 Å². The molecule has 0 aliphatic rings. The van der Waals surface area contributed by atoms with Crippen LogP contribution in [-0.4, -0.2) is 6.54 Å². The van der Waals surface area contributed by atoms with E-state index in [9.17, 15) is 0 Å². The van der Waals surface area contributed by atoms with E-state index in [0.717, 1.165) is 12.0 Å². The molecule has 1 aromatic carbocycles. The molecule has 0 heterocycles. The van der Waals surface area contributed by atoms with Crippen LogP contribution in [0.1, 0.15) is 44.4 Å². The molecule has 2 heteroatoms. The van der Waals surface area contributed by atoms with Crippen LogP contribution >= 0.6 is 0 Å². The summed E-state index contributed by atoms with van der Waals surface area (Å²) >= 11 is 0. The van der Waals surface area contributed by atoms with Crippen LogP contribution in [0.25, 0.3) is 0 Å². The Labute approximate surface area is 92.7 Å². The van der Waals surface area contributed by atoms with Crippen molar-refractivity contribution in [3.05, 3.63) is 35.4 Å². The maximum Gasteiger partial charge on any atom is 0.0419 e. The summed E-state index contributed by atoms with van der Waals surface area (Å²) in [5.41, 5.74) is 14.1. The van der Waals surface area contributed by atoms with Crippen molar-refractivity contribution in [1.82, 2.24) is 0 Å². The third-order valence-electron chi connectivity index (χ3n) is 3.26. The fourth-order valence-electron chi connectivity index (χ4n) is 1.52. The van der Waals surface area contributed by atoms with Crippen molar-refractivity contribution in [2.75, 3.05) is 6.54 Å². The molecule has 15 heavy (non-hydrogen) atoms. The van der Waals surface area contributed by atoms with Gasteiger partial charge in [0.15, 0.2) is 0 Å². The zero-order valence-electron chi connectivity index (χ0n) is 9.96. The second-order valence-corrected chi connectivity index (χ2v) is 4.70. The van der Waals surface area contributed by atoms with Gasteiger partial charge in [0.2, 0.25) is 0 Å². The largest absolute Gasteiger partial charge is 0.329 e. The molecule has 0 fully saturated rings. The van der Waals surface area contributed by atoms with Gasteiger partial charge in [-0.05, 0) is 23.0 Å². The van der Waals surface area contributed by atoms with E-state index in [1.807, 2.05) is 0 Å². The van der Waals surface area contributed by atoms with Gasteiger partial charge in [0.05, 0.1) is 0 Å². The lowest BCUT2D eigenvalue weighted by Gasteiger charge is -2.23. The normalized spacial score (nSPS) is 13.9. The van der Waals surface area contributed by atoms with Crippen LogP contribution in [0.3, 0.4) is 0 Å². The van der Waals surface area contributed by atoms with Crippen LogP contribution < -0.4 is 11.5 Å². The van der Waals surface area contributed by atoms with Gasteiger partial charge >= 0.3 is 0 Å². The number of hydrogen-bond acceptors (Lipinski definition) is 2. The first-order valence-corrected chi connectivity index (χ1v) is 5.57. The van der Waals surface area contributed by atoms with Crippen LogP contribution in [0, 0.1) is 0 Å². The molecule has 0 spiro atoms. The molecular weight excluding hydrogens is 184 g/mol. The second-order valence-electron chi connectivity index (χ2n) is 4.70. The molecule has 4 N–H and O–H groups in total. The topological polar surface area (TPSA) is 52.0 Å². The molecule has 0 bridgehead atoms. The summed E-state index contributed by atoms with van der Waals surface area (Å²) in [7, 11) is 0. The van der Waals surface area contributed by atoms with Gasteiger partial charge < -0.3 is 11.5 Å². The summed E-state index contributed by atoms with van der Waals surface area (Å²) in [6.45, 7) is 7.21. The molecule has 0 aromatic heterocycles. The lowest BCUT2D eigenvalue weighted by Crippen LogP contribution is -2.21. The molecule has 0 unspecified atom stereocenters. The Bertz CT molecular complexity index is 301. The van der Waals surface area contributed by atoms with Gasteiger partial charge in [0, 0.05) is 12.6 Å². The first-order chi connectivity index (χ1) is 7.01. The molecule has 0 saturated carbocycles. The van der Waals surface area contributed by atoms with Crippen LogP contribution in [0.2, 0.25) is 0 Å². The zero-order chi connectivity index (χ0) is 11.5. The zero-order valence-corrected chi connectivity index (χ0v) is 9.96. The van der Waals surface area contributed by atoms with Crippen molar-refractivity contribution in [3.63, 3.8) is 0 Å². The number of rotatable bonds is 4. The van der Waals surface area contributed by atoms with Gasteiger partial charge in [-0.2, -0.15) is 0 Å². The molecule has 84 valence electrons. The Hall–Kier alpha value is -0.860. The highest BCUT2D eigenvalue weighted by atomic mass is 14.7. The molecule has 0 radical (unpaired) electrons. The highest BCUT2D eigenvalue weighted by molar-refractivity contribution is 5.29. The van der Waals surface area contributed by atoms with E-state index in [2.05, 4.69) is 45.0 Å². The minimum absolute atomic E-state index is 0.0382. The first-order valence-electron chi connectivity index (χ1n) is 5.57. The molecule has 0 aliphatic carbocycles. The van der Waals surface area contributed by atoms with Crippen LogP contribution in [-0.2, 0) is 5.41 Å². The maximum absolute atomic E-state index is 5.86. The van der Waals surface area contributed by atoms with Crippen LogP contribution in [0.5, 0.6) is 0 Å². The van der Waals surface area contributed by atoms with E-state index in [0.29, 0.717) is 6.54 Å². The van der Waals surface area contributed by atoms with Gasteiger partial charge in [-0.1, -0.05) is 45.0 Å². The highest BCUT2D eigenvalue weighted by Gasteiger charge is 2.17. The standard InChI is InChI=1S/C13H22N2/c1-4-13(2,3)11-7-5-10(6-8-11)12(15)9-14/h5-8,12H,4,9,14-15H2,1-3H3/t12-/m1/s1. The SMILES string of the molecule is CCC(C)(C)c1ccc([C@H](N)CN)cc1. The quantitative estimate of drug-likeness (QED) is 0.794. The number of nitrogens with two attached hydrogens (primary N) is 2. The molecule has 1 atom stereocenters. The van der Waals surface area contributed by atoms with Gasteiger partial charge in [0.1, 0.15) is 0 Å². The average Bonchev–Trinajstić information content (AvgIpc) is 2.28. The lowest BCUT2D eigenvalue weighted by molar-refractivity contribution is 0.506. The molecule has 0 aliphatic heterocycles. The van der Waals surface area contributed by atoms with Crippen molar-refractivity contribution >= 4 is 0 Å². The van der Waals surface area contributed by atoms with Gasteiger partial charge in [0.25, 0.3) is 0 Å². The van der Waals surface area contributed by atoms with Gasteiger partial charge in [-0.3, -0.25) is 0 Å². The summed E-state index contributed by atoms with van der Waals surface area (Å²) in [5.74, 6) is 0. The van der Waals surface area contributed by atoms with Crippen LogP contribution in [0.15, 0.2) is 24.3 Å². The summed E-state index contributed by atoms with van der Waals surface area (Å²) < 4.78 is 0. The number of hydrogen-bond donors (Lipinski definition) is 2. The fourth-order valence-corrected chi connectivity index (χ4v) is 1.52. The average molecular weight is 206 g/mol. The molecule has 2 nitrogen and oxygen atoms in total. The highest BCUT2D eigenvalue weighted by Crippen LogP contribution is 2.27. The first kappa shape index (κ1) is 12.2. The summed E-state index contributed by atoms with van der Waals surface area (Å²) in [5, 5.41) is 0. The van der Waals surface area contributed by atoms with Crippen molar-refractivity contribution < 1.29 is 0 Å². The predicted octanol–water partition coefficient (Wildman–Crippen LogP) is 2.33. The minimum Gasteiger partial charge on any atom is -0.329 e. The molecular formula is C13H22N2. The van der Waals surface area contributed by atoms with Crippen LogP contribution in [0.4, 0.5) is 0 Å². The van der Waals surface area contributed by atoms with Crippen molar-refractivity contribution in [3.8, 4) is 0 Å². The summed E-state index contributed by atoms with van der Waals surface area (Å²) in [4.78, 5) is 0. The third kappa shape index (κ3) is 2.80. The predicted molar refractivity (Wildman–Crippen MR) is 65.7 cm³/mol. The number of benzene rings is 1. The van der Waals surface area contributed by atoms with Crippen molar-refractivity contribution in [2.45, 2.75) is 38.6 Å².